The van der Waals surface area contributed by atoms with Gasteiger partial charge < -0.3 is 10.5 Å². The van der Waals surface area contributed by atoms with E-state index in [9.17, 15) is 0 Å². The first-order valence-corrected chi connectivity index (χ1v) is 5.51. The van der Waals surface area contributed by atoms with Crippen LogP contribution in [0.3, 0.4) is 0 Å². The molecule has 0 unspecified atom stereocenters. The summed E-state index contributed by atoms with van der Waals surface area (Å²) in [5.41, 5.74) is 5.85. The first kappa shape index (κ1) is 11.9. The quantitative estimate of drug-likeness (QED) is 0.326. The zero-order valence-corrected chi connectivity index (χ0v) is 9.38. The molecule has 1 rings (SSSR count). The smallest absolute Gasteiger partial charge is 0.144 e. The van der Waals surface area contributed by atoms with Crippen LogP contribution in [0.2, 0.25) is 0 Å². The van der Waals surface area contributed by atoms with Gasteiger partial charge in [0.15, 0.2) is 0 Å². The van der Waals surface area contributed by atoms with E-state index in [4.69, 9.17) is 15.9 Å². The van der Waals surface area contributed by atoms with Gasteiger partial charge in [0.2, 0.25) is 0 Å². The average Bonchev–Trinajstić information content (AvgIpc) is 2.25. The Morgan fingerprint density at radius 3 is 2.93 bits per heavy atom. The largest absolute Gasteiger partial charge is 0.385 e. The van der Waals surface area contributed by atoms with E-state index in [-0.39, 0.29) is 5.84 Å². The summed E-state index contributed by atoms with van der Waals surface area (Å²) in [7, 11) is 1.67. The standard InChI is InChI=1S/C9H14N4OS/c1-14-5-2-6-15-9-7(8(10)11)12-3-4-13-9/h3-4H,2,5-6H2,1H3,(H3,10,11). The molecule has 5 nitrogen and oxygen atoms in total. The second-order valence-electron chi connectivity index (χ2n) is 2.82. The minimum atomic E-state index is -0.0441. The predicted molar refractivity (Wildman–Crippen MR) is 60.3 cm³/mol. The normalized spacial score (nSPS) is 10.2. The van der Waals surface area contributed by atoms with Crippen LogP contribution in [-0.4, -0.2) is 35.3 Å². The molecule has 0 saturated heterocycles. The number of nitrogens with two attached hydrogens (primary N) is 1. The Hall–Kier alpha value is -1.14. The van der Waals surface area contributed by atoms with Gasteiger partial charge in [0.05, 0.1) is 0 Å². The summed E-state index contributed by atoms with van der Waals surface area (Å²) in [5, 5.41) is 8.04. The lowest BCUT2D eigenvalue weighted by Gasteiger charge is -2.04. The van der Waals surface area contributed by atoms with Crippen molar-refractivity contribution in [3.05, 3.63) is 18.1 Å². The van der Waals surface area contributed by atoms with Gasteiger partial charge in [-0.1, -0.05) is 0 Å². The first-order valence-electron chi connectivity index (χ1n) is 4.53. The molecule has 1 aromatic rings. The van der Waals surface area contributed by atoms with E-state index in [1.54, 1.807) is 25.1 Å². The monoisotopic (exact) mass is 226 g/mol. The Morgan fingerprint density at radius 2 is 2.27 bits per heavy atom. The number of amidine groups is 1. The van der Waals surface area contributed by atoms with Crippen molar-refractivity contribution < 1.29 is 4.74 Å². The third-order valence-corrected chi connectivity index (χ3v) is 2.72. The van der Waals surface area contributed by atoms with Gasteiger partial charge in [-0.15, -0.1) is 11.8 Å². The number of methoxy groups -OCH3 is 1. The lowest BCUT2D eigenvalue weighted by atomic mass is 10.4. The van der Waals surface area contributed by atoms with Gasteiger partial charge in [0.1, 0.15) is 16.6 Å². The highest BCUT2D eigenvalue weighted by molar-refractivity contribution is 7.99. The van der Waals surface area contributed by atoms with Crippen LogP contribution in [0.25, 0.3) is 0 Å². The number of aromatic nitrogens is 2. The number of ether oxygens (including phenoxy) is 1. The van der Waals surface area contributed by atoms with Crippen LogP contribution in [0, 0.1) is 5.41 Å². The van der Waals surface area contributed by atoms with Crippen molar-refractivity contribution in [2.75, 3.05) is 19.5 Å². The van der Waals surface area contributed by atoms with Crippen LogP contribution in [0.5, 0.6) is 0 Å². The molecule has 0 spiro atoms. The maximum absolute atomic E-state index is 7.33. The highest BCUT2D eigenvalue weighted by Gasteiger charge is 2.07. The SMILES string of the molecule is COCCCSc1nccnc1C(=N)N. The lowest BCUT2D eigenvalue weighted by Crippen LogP contribution is -2.15. The van der Waals surface area contributed by atoms with E-state index >= 15 is 0 Å². The molecular weight excluding hydrogens is 212 g/mol. The Kier molecular flexibility index (Phi) is 5.06. The molecule has 0 atom stereocenters. The molecule has 1 heterocycles. The van der Waals surface area contributed by atoms with Crippen LogP contribution < -0.4 is 5.73 Å². The first-order chi connectivity index (χ1) is 7.25. The zero-order valence-electron chi connectivity index (χ0n) is 8.56. The summed E-state index contributed by atoms with van der Waals surface area (Å²) in [6.07, 6.45) is 4.08. The van der Waals surface area contributed by atoms with Gasteiger partial charge in [-0.25, -0.2) is 9.97 Å². The van der Waals surface area contributed by atoms with Crippen molar-refractivity contribution in [2.24, 2.45) is 5.73 Å². The molecular formula is C9H14N4OS. The molecule has 0 fully saturated rings. The molecule has 0 amide bonds. The van der Waals surface area contributed by atoms with Crippen LogP contribution in [0.4, 0.5) is 0 Å². The Labute approximate surface area is 93.0 Å². The van der Waals surface area contributed by atoms with Gasteiger partial charge >= 0.3 is 0 Å². The number of nitrogens with one attached hydrogen (secondary N) is 1. The Morgan fingerprint density at radius 1 is 1.53 bits per heavy atom. The van der Waals surface area contributed by atoms with E-state index in [0.717, 1.165) is 18.8 Å². The topological polar surface area (TPSA) is 84.9 Å². The summed E-state index contributed by atoms with van der Waals surface area (Å²) >= 11 is 1.54. The molecule has 0 aliphatic carbocycles. The molecule has 0 aliphatic rings. The van der Waals surface area contributed by atoms with E-state index < -0.39 is 0 Å². The van der Waals surface area contributed by atoms with E-state index in [1.807, 2.05) is 0 Å². The third-order valence-electron chi connectivity index (χ3n) is 1.65. The molecule has 1 aromatic heterocycles. The van der Waals surface area contributed by atoms with E-state index in [0.29, 0.717) is 10.7 Å². The number of nitrogen functional groups attached to an aromatic ring is 1. The fourth-order valence-corrected chi connectivity index (χ4v) is 1.88. The molecule has 3 N–H and O–H groups in total. The predicted octanol–water partition coefficient (Wildman–Crippen LogP) is 0.889. The number of nitrogens with zero attached hydrogens (tertiary/aromatic N) is 2. The Bertz CT molecular complexity index is 332. The summed E-state index contributed by atoms with van der Waals surface area (Å²) in [5.74, 6) is 0.838. The number of hydrogen-bond donors (Lipinski definition) is 2. The molecule has 0 saturated carbocycles. The average molecular weight is 226 g/mol. The van der Waals surface area contributed by atoms with E-state index in [2.05, 4.69) is 9.97 Å². The fourth-order valence-electron chi connectivity index (χ4n) is 0.988. The highest BCUT2D eigenvalue weighted by Crippen LogP contribution is 2.18. The van der Waals surface area contributed by atoms with Crippen LogP contribution in [0.1, 0.15) is 12.1 Å². The summed E-state index contributed by atoms with van der Waals surface area (Å²) in [6.45, 7) is 0.725. The lowest BCUT2D eigenvalue weighted by molar-refractivity contribution is 0.200. The summed E-state index contributed by atoms with van der Waals surface area (Å²) in [6, 6.07) is 0. The molecule has 0 radical (unpaired) electrons. The minimum Gasteiger partial charge on any atom is -0.385 e. The van der Waals surface area contributed by atoms with Crippen molar-refractivity contribution in [1.82, 2.24) is 9.97 Å². The van der Waals surface area contributed by atoms with Gasteiger partial charge in [-0.3, -0.25) is 5.41 Å². The number of rotatable bonds is 6. The molecule has 0 aromatic carbocycles. The van der Waals surface area contributed by atoms with Crippen molar-refractivity contribution in [2.45, 2.75) is 11.4 Å². The van der Waals surface area contributed by atoms with Crippen LogP contribution in [-0.2, 0) is 4.74 Å². The van der Waals surface area contributed by atoms with Crippen molar-refractivity contribution in [1.29, 1.82) is 5.41 Å². The van der Waals surface area contributed by atoms with E-state index in [1.165, 1.54) is 6.20 Å². The number of thioether (sulfide) groups is 1. The molecule has 0 aliphatic heterocycles. The van der Waals surface area contributed by atoms with Crippen molar-refractivity contribution in [3.63, 3.8) is 0 Å². The van der Waals surface area contributed by atoms with Crippen molar-refractivity contribution >= 4 is 17.6 Å². The van der Waals surface area contributed by atoms with Crippen LogP contribution >= 0.6 is 11.8 Å². The maximum Gasteiger partial charge on any atom is 0.144 e. The Balaban J connectivity index is 2.56. The summed E-state index contributed by atoms with van der Waals surface area (Å²) < 4.78 is 4.94. The van der Waals surface area contributed by atoms with Crippen LogP contribution in [0.15, 0.2) is 17.4 Å². The molecule has 6 heteroatoms. The third kappa shape index (κ3) is 3.85. The minimum absolute atomic E-state index is 0.0441. The van der Waals surface area contributed by atoms with Gasteiger partial charge in [-0.05, 0) is 6.42 Å². The van der Waals surface area contributed by atoms with Gasteiger partial charge in [0.25, 0.3) is 0 Å². The van der Waals surface area contributed by atoms with Gasteiger partial charge in [0, 0.05) is 31.9 Å². The fraction of sp³-hybridized carbons (Fsp3) is 0.444. The van der Waals surface area contributed by atoms with Crippen molar-refractivity contribution in [3.8, 4) is 0 Å². The highest BCUT2D eigenvalue weighted by atomic mass is 32.2. The maximum atomic E-state index is 7.33. The van der Waals surface area contributed by atoms with Gasteiger partial charge in [-0.2, -0.15) is 0 Å². The summed E-state index contributed by atoms with van der Waals surface area (Å²) in [4.78, 5) is 8.15. The molecule has 0 bridgehead atoms. The second kappa shape index (κ2) is 6.36. The number of hydrogen-bond acceptors (Lipinski definition) is 5. The second-order valence-corrected chi connectivity index (χ2v) is 3.90. The zero-order chi connectivity index (χ0) is 11.1. The molecule has 15 heavy (non-hydrogen) atoms. The molecule has 82 valence electrons.